The predicted octanol–water partition coefficient (Wildman–Crippen LogP) is 1.54. The molecule has 4 nitrogen and oxygen atoms in total. The quantitative estimate of drug-likeness (QED) is 0.874. The van der Waals surface area contributed by atoms with Gasteiger partial charge in [0.2, 0.25) is 0 Å². The van der Waals surface area contributed by atoms with Crippen LogP contribution in [-0.4, -0.2) is 23.8 Å². The highest BCUT2D eigenvalue weighted by molar-refractivity contribution is 9.10. The Morgan fingerprint density at radius 3 is 2.87 bits per heavy atom. The average molecular weight is 275 g/mol. The lowest BCUT2D eigenvalue weighted by molar-refractivity contribution is 0.275. The molecule has 1 aromatic heterocycles. The number of aliphatic hydroxyl groups excluding tert-OH is 1. The van der Waals surface area contributed by atoms with E-state index in [-0.39, 0.29) is 12.6 Å². The normalized spacial score (nSPS) is 12.6. The van der Waals surface area contributed by atoms with Crippen molar-refractivity contribution in [2.45, 2.75) is 19.4 Å². The first-order chi connectivity index (χ1) is 7.11. The lowest BCUT2D eigenvalue weighted by Gasteiger charge is -2.15. The maximum absolute atomic E-state index is 8.82. The molecule has 1 heterocycles. The maximum atomic E-state index is 8.82. The van der Waals surface area contributed by atoms with Gasteiger partial charge in [-0.1, -0.05) is 0 Å². The molecule has 15 heavy (non-hydrogen) atoms. The van der Waals surface area contributed by atoms with Crippen LogP contribution in [0, 0.1) is 6.92 Å². The first-order valence-corrected chi connectivity index (χ1v) is 5.46. The second-order valence-corrected chi connectivity index (χ2v) is 4.12. The van der Waals surface area contributed by atoms with Crippen molar-refractivity contribution in [3.63, 3.8) is 0 Å². The Hall–Kier alpha value is -0.650. The molecule has 0 saturated heterocycles. The molecule has 0 spiro atoms. The molecule has 0 bridgehead atoms. The largest absolute Gasteiger partial charge is 0.495 e. The molecule has 1 aromatic rings. The van der Waals surface area contributed by atoms with E-state index in [9.17, 15) is 0 Å². The summed E-state index contributed by atoms with van der Waals surface area (Å²) >= 11 is 3.35. The smallest absolute Gasteiger partial charge is 0.139 e. The van der Waals surface area contributed by atoms with Crippen LogP contribution in [0.15, 0.2) is 10.7 Å². The van der Waals surface area contributed by atoms with Crippen LogP contribution in [0.25, 0.3) is 0 Å². The summed E-state index contributed by atoms with van der Waals surface area (Å²) < 4.78 is 6.05. The molecule has 1 rings (SSSR count). The Balaban J connectivity index is 3.09. The van der Waals surface area contributed by atoms with Gasteiger partial charge in [-0.15, -0.1) is 0 Å². The van der Waals surface area contributed by atoms with E-state index in [1.54, 1.807) is 13.3 Å². The van der Waals surface area contributed by atoms with Gasteiger partial charge in [0, 0.05) is 24.4 Å². The Bertz CT molecular complexity index is 344. The van der Waals surface area contributed by atoms with Crippen molar-refractivity contribution in [1.82, 2.24) is 4.98 Å². The number of aliphatic hydroxyl groups is 1. The number of ether oxygens (including phenoxy) is 1. The molecule has 0 saturated carbocycles. The zero-order chi connectivity index (χ0) is 11.4. The fourth-order valence-electron chi connectivity index (χ4n) is 1.48. The van der Waals surface area contributed by atoms with Crippen molar-refractivity contribution in [3.05, 3.63) is 21.9 Å². The molecule has 84 valence electrons. The van der Waals surface area contributed by atoms with Gasteiger partial charge >= 0.3 is 0 Å². The minimum atomic E-state index is -0.253. The van der Waals surface area contributed by atoms with E-state index in [2.05, 4.69) is 20.9 Å². The van der Waals surface area contributed by atoms with Gasteiger partial charge in [-0.2, -0.15) is 0 Å². The van der Waals surface area contributed by atoms with Crippen LogP contribution in [0.5, 0.6) is 5.75 Å². The zero-order valence-electron chi connectivity index (χ0n) is 8.83. The van der Waals surface area contributed by atoms with E-state index in [1.807, 2.05) is 6.92 Å². The maximum Gasteiger partial charge on any atom is 0.139 e. The first kappa shape index (κ1) is 12.4. The highest BCUT2D eigenvalue weighted by Crippen LogP contribution is 2.31. The molecule has 0 aliphatic heterocycles. The lowest BCUT2D eigenvalue weighted by Crippen LogP contribution is -2.15. The molecule has 1 unspecified atom stereocenters. The highest BCUT2D eigenvalue weighted by Gasteiger charge is 2.15. The number of nitrogens with zero attached hydrogens (tertiary/aromatic N) is 1. The third kappa shape index (κ3) is 2.68. The topological polar surface area (TPSA) is 68.4 Å². The Morgan fingerprint density at radius 1 is 1.67 bits per heavy atom. The van der Waals surface area contributed by atoms with Gasteiger partial charge in [0.1, 0.15) is 5.75 Å². The lowest BCUT2D eigenvalue weighted by atomic mass is 10.1. The summed E-state index contributed by atoms with van der Waals surface area (Å²) in [4.78, 5) is 4.24. The van der Waals surface area contributed by atoms with Gasteiger partial charge in [-0.25, -0.2) is 0 Å². The van der Waals surface area contributed by atoms with Gasteiger partial charge in [-0.3, -0.25) is 4.98 Å². The molecule has 0 fully saturated rings. The molecule has 0 radical (unpaired) electrons. The van der Waals surface area contributed by atoms with Gasteiger partial charge in [0.25, 0.3) is 0 Å². The molecular weight excluding hydrogens is 260 g/mol. The molecule has 3 N–H and O–H groups in total. The second kappa shape index (κ2) is 5.44. The second-order valence-electron chi connectivity index (χ2n) is 3.27. The van der Waals surface area contributed by atoms with Crippen LogP contribution in [0.3, 0.4) is 0 Å². The van der Waals surface area contributed by atoms with Gasteiger partial charge in [0.15, 0.2) is 0 Å². The summed E-state index contributed by atoms with van der Waals surface area (Å²) in [6.45, 7) is 1.96. The summed E-state index contributed by atoms with van der Waals surface area (Å²) in [6, 6.07) is -0.253. The fourth-order valence-corrected chi connectivity index (χ4v) is 2.04. The number of hydrogen-bond donors (Lipinski definition) is 2. The Labute approximate surface area is 97.6 Å². The van der Waals surface area contributed by atoms with Crippen LogP contribution in [-0.2, 0) is 0 Å². The van der Waals surface area contributed by atoms with E-state index in [0.29, 0.717) is 6.42 Å². The summed E-state index contributed by atoms with van der Waals surface area (Å²) in [5.41, 5.74) is 7.56. The van der Waals surface area contributed by atoms with Crippen molar-refractivity contribution in [2.75, 3.05) is 13.7 Å². The van der Waals surface area contributed by atoms with Crippen molar-refractivity contribution < 1.29 is 9.84 Å². The van der Waals surface area contributed by atoms with Crippen LogP contribution in [0.2, 0.25) is 0 Å². The molecule has 0 aliphatic carbocycles. The van der Waals surface area contributed by atoms with E-state index < -0.39 is 0 Å². The van der Waals surface area contributed by atoms with Crippen LogP contribution < -0.4 is 10.5 Å². The molecule has 0 amide bonds. The Morgan fingerprint density at radius 2 is 2.33 bits per heavy atom. The van der Waals surface area contributed by atoms with Crippen molar-refractivity contribution in [2.24, 2.45) is 5.73 Å². The monoisotopic (exact) mass is 274 g/mol. The van der Waals surface area contributed by atoms with Crippen molar-refractivity contribution in [1.29, 1.82) is 0 Å². The third-order valence-corrected chi connectivity index (χ3v) is 2.82. The molecule has 5 heteroatoms. The SMILES string of the molecule is COc1c(Br)cnc(C(N)CCO)c1C. The van der Waals surface area contributed by atoms with Crippen LogP contribution in [0.4, 0.5) is 0 Å². The van der Waals surface area contributed by atoms with Crippen molar-refractivity contribution >= 4 is 15.9 Å². The number of halogens is 1. The summed E-state index contributed by atoms with van der Waals surface area (Å²) in [6.07, 6.45) is 2.16. The molecular formula is C10H15BrN2O2. The van der Waals surface area contributed by atoms with Gasteiger partial charge < -0.3 is 15.6 Å². The minimum Gasteiger partial charge on any atom is -0.495 e. The fraction of sp³-hybridized carbons (Fsp3) is 0.500. The molecule has 0 aromatic carbocycles. The summed E-state index contributed by atoms with van der Waals surface area (Å²) in [7, 11) is 1.61. The van der Waals surface area contributed by atoms with E-state index in [0.717, 1.165) is 21.5 Å². The van der Waals surface area contributed by atoms with E-state index in [1.165, 1.54) is 0 Å². The zero-order valence-corrected chi connectivity index (χ0v) is 10.4. The average Bonchev–Trinajstić information content (AvgIpc) is 2.18. The number of hydrogen-bond acceptors (Lipinski definition) is 4. The minimum absolute atomic E-state index is 0.0562. The van der Waals surface area contributed by atoms with Crippen LogP contribution in [0.1, 0.15) is 23.7 Å². The Kier molecular flexibility index (Phi) is 4.50. The standard InChI is InChI=1S/C10H15BrN2O2/c1-6-9(8(12)3-4-14)13-5-7(11)10(6)15-2/h5,8,14H,3-4,12H2,1-2H3. The third-order valence-electron chi connectivity index (χ3n) is 2.25. The summed E-state index contributed by atoms with van der Waals surface area (Å²) in [5, 5.41) is 8.82. The van der Waals surface area contributed by atoms with Gasteiger partial charge in [-0.05, 0) is 29.3 Å². The molecule has 0 aliphatic rings. The number of nitrogens with two attached hydrogens (primary N) is 1. The summed E-state index contributed by atoms with van der Waals surface area (Å²) in [5.74, 6) is 0.744. The van der Waals surface area contributed by atoms with E-state index in [4.69, 9.17) is 15.6 Å². The number of methoxy groups -OCH3 is 1. The number of aromatic nitrogens is 1. The number of rotatable bonds is 4. The molecule has 1 atom stereocenters. The number of pyridine rings is 1. The highest BCUT2D eigenvalue weighted by atomic mass is 79.9. The first-order valence-electron chi connectivity index (χ1n) is 4.67. The predicted molar refractivity (Wildman–Crippen MR) is 61.9 cm³/mol. The van der Waals surface area contributed by atoms with Gasteiger partial charge in [0.05, 0.1) is 17.3 Å². The van der Waals surface area contributed by atoms with Crippen LogP contribution >= 0.6 is 15.9 Å². The van der Waals surface area contributed by atoms with E-state index >= 15 is 0 Å². The van der Waals surface area contributed by atoms with Crippen molar-refractivity contribution in [3.8, 4) is 5.75 Å².